The summed E-state index contributed by atoms with van der Waals surface area (Å²) in [7, 11) is -3.40. The van der Waals surface area contributed by atoms with Crippen molar-refractivity contribution in [1.82, 2.24) is 5.32 Å². The first-order chi connectivity index (χ1) is 14.8. The summed E-state index contributed by atoms with van der Waals surface area (Å²) in [6, 6.07) is 13.1. The normalized spacial score (nSPS) is 16.0. The lowest BCUT2D eigenvalue weighted by Gasteiger charge is -2.20. The van der Waals surface area contributed by atoms with Gasteiger partial charge in [0.1, 0.15) is 0 Å². The van der Waals surface area contributed by atoms with Crippen LogP contribution in [0.1, 0.15) is 40.5 Å². The van der Waals surface area contributed by atoms with E-state index >= 15 is 0 Å². The number of carbonyl (C=O) groups excluding carboxylic acids is 2. The largest absolute Gasteiger partial charge is 0.376 e. The smallest absolute Gasteiger partial charge is 0.255 e. The molecule has 8 nitrogen and oxygen atoms in total. The second kappa shape index (κ2) is 9.93. The van der Waals surface area contributed by atoms with E-state index in [0.717, 1.165) is 19.1 Å². The minimum Gasteiger partial charge on any atom is -0.376 e. The highest BCUT2D eigenvalue weighted by atomic mass is 32.2. The molecule has 166 valence electrons. The third-order valence-electron chi connectivity index (χ3n) is 5.04. The highest BCUT2D eigenvalue weighted by Crippen LogP contribution is 2.20. The SMILES string of the molecule is CCN(c1ccc(C(=O)Nc2ccccc2C(=O)NC[C@@H]2CCCO2)cc1)S(C)(=O)=O. The van der Waals surface area contributed by atoms with E-state index in [1.54, 1.807) is 55.5 Å². The molecule has 0 spiro atoms. The Morgan fingerprint density at radius 3 is 2.42 bits per heavy atom. The number of nitrogens with one attached hydrogen (secondary N) is 2. The van der Waals surface area contributed by atoms with Crippen LogP contribution in [0.2, 0.25) is 0 Å². The van der Waals surface area contributed by atoms with Gasteiger partial charge in [-0.3, -0.25) is 13.9 Å². The molecule has 1 fully saturated rings. The lowest BCUT2D eigenvalue weighted by atomic mass is 10.1. The average molecular weight is 446 g/mol. The number of benzene rings is 2. The molecule has 1 saturated heterocycles. The first kappa shape index (κ1) is 22.8. The van der Waals surface area contributed by atoms with E-state index in [1.165, 1.54) is 4.31 Å². The van der Waals surface area contributed by atoms with E-state index in [4.69, 9.17) is 4.74 Å². The second-order valence-electron chi connectivity index (χ2n) is 7.32. The summed E-state index contributed by atoms with van der Waals surface area (Å²) >= 11 is 0. The fraction of sp³-hybridized carbons (Fsp3) is 0.364. The van der Waals surface area contributed by atoms with Gasteiger partial charge < -0.3 is 15.4 Å². The van der Waals surface area contributed by atoms with Crippen molar-refractivity contribution in [3.05, 3.63) is 59.7 Å². The number of nitrogens with zero attached hydrogens (tertiary/aromatic N) is 1. The topological polar surface area (TPSA) is 105 Å². The van der Waals surface area contributed by atoms with Gasteiger partial charge in [0.05, 0.1) is 29.3 Å². The highest BCUT2D eigenvalue weighted by molar-refractivity contribution is 7.92. The predicted molar refractivity (Wildman–Crippen MR) is 120 cm³/mol. The van der Waals surface area contributed by atoms with Gasteiger partial charge in [0.2, 0.25) is 10.0 Å². The zero-order chi connectivity index (χ0) is 22.4. The number of hydrogen-bond acceptors (Lipinski definition) is 5. The van der Waals surface area contributed by atoms with Gasteiger partial charge in [0, 0.05) is 25.3 Å². The quantitative estimate of drug-likeness (QED) is 0.650. The summed E-state index contributed by atoms with van der Waals surface area (Å²) in [5, 5.41) is 5.62. The summed E-state index contributed by atoms with van der Waals surface area (Å²) in [6.45, 7) is 3.17. The zero-order valence-electron chi connectivity index (χ0n) is 17.6. The predicted octanol–water partition coefficient (Wildman–Crippen LogP) is 2.63. The van der Waals surface area contributed by atoms with Crippen molar-refractivity contribution < 1.29 is 22.7 Å². The Balaban J connectivity index is 1.69. The van der Waals surface area contributed by atoms with Crippen molar-refractivity contribution in [2.45, 2.75) is 25.9 Å². The lowest BCUT2D eigenvalue weighted by molar-refractivity contribution is 0.0858. The van der Waals surface area contributed by atoms with Crippen LogP contribution >= 0.6 is 0 Å². The molecule has 0 aliphatic carbocycles. The van der Waals surface area contributed by atoms with E-state index in [-0.39, 0.29) is 12.0 Å². The monoisotopic (exact) mass is 445 g/mol. The molecule has 0 unspecified atom stereocenters. The maximum absolute atomic E-state index is 12.7. The van der Waals surface area contributed by atoms with Crippen LogP contribution in [-0.4, -0.2) is 52.3 Å². The van der Waals surface area contributed by atoms with E-state index in [0.29, 0.717) is 42.2 Å². The van der Waals surface area contributed by atoms with Crippen molar-refractivity contribution in [3.8, 4) is 0 Å². The van der Waals surface area contributed by atoms with Crippen LogP contribution < -0.4 is 14.9 Å². The van der Waals surface area contributed by atoms with Gasteiger partial charge in [-0.1, -0.05) is 12.1 Å². The van der Waals surface area contributed by atoms with Crippen LogP contribution in [-0.2, 0) is 14.8 Å². The first-order valence-corrected chi connectivity index (χ1v) is 12.0. The molecule has 1 aliphatic heterocycles. The number of sulfonamides is 1. The first-order valence-electron chi connectivity index (χ1n) is 10.2. The Bertz CT molecular complexity index is 1030. The number of carbonyl (C=O) groups is 2. The number of anilines is 2. The van der Waals surface area contributed by atoms with Gasteiger partial charge in [0.25, 0.3) is 11.8 Å². The van der Waals surface area contributed by atoms with Crippen molar-refractivity contribution in [2.75, 3.05) is 35.6 Å². The third kappa shape index (κ3) is 5.83. The molecule has 0 saturated carbocycles. The second-order valence-corrected chi connectivity index (χ2v) is 9.23. The van der Waals surface area contributed by atoms with Gasteiger partial charge >= 0.3 is 0 Å². The van der Waals surface area contributed by atoms with E-state index < -0.39 is 15.9 Å². The molecule has 2 amide bonds. The Morgan fingerprint density at radius 2 is 1.81 bits per heavy atom. The Hall–Kier alpha value is -2.91. The van der Waals surface area contributed by atoms with Crippen molar-refractivity contribution in [2.24, 2.45) is 0 Å². The van der Waals surface area contributed by atoms with Crippen LogP contribution in [0.5, 0.6) is 0 Å². The summed E-state index contributed by atoms with van der Waals surface area (Å²) in [6.07, 6.45) is 3.08. The fourth-order valence-electron chi connectivity index (χ4n) is 3.48. The Labute approximate surface area is 182 Å². The fourth-order valence-corrected chi connectivity index (χ4v) is 4.45. The molecular formula is C22H27N3O5S. The number of ether oxygens (including phenoxy) is 1. The van der Waals surface area contributed by atoms with Crippen LogP contribution in [0.4, 0.5) is 11.4 Å². The molecule has 1 aliphatic rings. The van der Waals surface area contributed by atoms with Crippen LogP contribution in [0, 0.1) is 0 Å². The molecule has 9 heteroatoms. The van der Waals surface area contributed by atoms with Crippen LogP contribution in [0.15, 0.2) is 48.5 Å². The molecule has 0 bridgehead atoms. The third-order valence-corrected chi connectivity index (χ3v) is 6.31. The average Bonchev–Trinajstić information content (AvgIpc) is 3.26. The molecule has 0 radical (unpaired) electrons. The molecule has 3 rings (SSSR count). The minimum absolute atomic E-state index is 0.0267. The van der Waals surface area contributed by atoms with Crippen LogP contribution in [0.3, 0.4) is 0 Å². The maximum Gasteiger partial charge on any atom is 0.255 e. The van der Waals surface area contributed by atoms with Crippen LogP contribution in [0.25, 0.3) is 0 Å². The van der Waals surface area contributed by atoms with E-state index in [1.807, 2.05) is 0 Å². The minimum atomic E-state index is -3.40. The maximum atomic E-state index is 12.7. The van der Waals surface area contributed by atoms with Gasteiger partial charge in [-0.2, -0.15) is 0 Å². The number of amides is 2. The summed E-state index contributed by atoms with van der Waals surface area (Å²) in [4.78, 5) is 25.3. The zero-order valence-corrected chi connectivity index (χ0v) is 18.4. The molecule has 31 heavy (non-hydrogen) atoms. The molecular weight excluding hydrogens is 418 g/mol. The van der Waals surface area contributed by atoms with Gasteiger partial charge in [-0.05, 0) is 56.2 Å². The van der Waals surface area contributed by atoms with Gasteiger partial charge in [-0.25, -0.2) is 8.42 Å². The number of rotatable bonds is 8. The van der Waals surface area contributed by atoms with E-state index in [2.05, 4.69) is 10.6 Å². The lowest BCUT2D eigenvalue weighted by Crippen LogP contribution is -2.32. The van der Waals surface area contributed by atoms with Gasteiger partial charge in [0.15, 0.2) is 0 Å². The Kier molecular flexibility index (Phi) is 7.29. The van der Waals surface area contributed by atoms with Crippen molar-refractivity contribution in [3.63, 3.8) is 0 Å². The van der Waals surface area contributed by atoms with Crippen molar-refractivity contribution in [1.29, 1.82) is 0 Å². The number of para-hydroxylation sites is 1. The summed E-state index contributed by atoms with van der Waals surface area (Å²) in [5.41, 5.74) is 1.59. The van der Waals surface area contributed by atoms with E-state index in [9.17, 15) is 18.0 Å². The summed E-state index contributed by atoms with van der Waals surface area (Å²) in [5.74, 6) is -0.679. The van der Waals surface area contributed by atoms with Gasteiger partial charge in [-0.15, -0.1) is 0 Å². The highest BCUT2D eigenvalue weighted by Gasteiger charge is 2.19. The molecule has 1 atom stereocenters. The molecule has 1 heterocycles. The Morgan fingerprint density at radius 1 is 1.10 bits per heavy atom. The molecule has 2 aromatic rings. The summed E-state index contributed by atoms with van der Waals surface area (Å²) < 4.78 is 30.5. The van der Waals surface area contributed by atoms with Crippen molar-refractivity contribution >= 4 is 33.2 Å². The standard InChI is InChI=1S/C22H27N3O5S/c1-3-25(31(2,28)29)17-12-10-16(11-13-17)21(26)24-20-9-5-4-8-19(20)22(27)23-15-18-7-6-14-30-18/h4-5,8-13,18H,3,6-7,14-15H2,1-2H3,(H,23,27)(H,24,26)/t18-/m0/s1. The molecule has 2 N–H and O–H groups in total. The molecule has 2 aromatic carbocycles. The molecule has 0 aromatic heterocycles. The number of hydrogen-bond donors (Lipinski definition) is 2.